The third-order valence-electron chi connectivity index (χ3n) is 2.26. The van der Waals surface area contributed by atoms with E-state index in [-0.39, 0.29) is 6.61 Å². The number of rotatable bonds is 7. The number of aromatic nitrogens is 2. The molecule has 0 aliphatic rings. The highest BCUT2D eigenvalue weighted by molar-refractivity contribution is 5.86. The molecule has 0 aromatic carbocycles. The van der Waals surface area contributed by atoms with Gasteiger partial charge in [0.15, 0.2) is 0 Å². The van der Waals surface area contributed by atoms with Gasteiger partial charge in [-0.25, -0.2) is 9.78 Å². The maximum atomic E-state index is 11.3. The molecule has 0 bridgehead atoms. The van der Waals surface area contributed by atoms with Crippen molar-refractivity contribution in [3.8, 4) is 0 Å². The minimum atomic E-state index is -0.404. The van der Waals surface area contributed by atoms with Crippen LogP contribution in [0.3, 0.4) is 0 Å². The molecule has 96 valence electrons. The molecular weight excluding hydrogens is 228 g/mol. The maximum Gasteiger partial charge on any atom is 0.333 e. The Bertz CT molecular complexity index is 445. The van der Waals surface area contributed by atoms with E-state index < -0.39 is 5.97 Å². The van der Waals surface area contributed by atoms with Gasteiger partial charge in [0.05, 0.1) is 5.69 Å². The Kier molecular flexibility index (Phi) is 5.11. The summed E-state index contributed by atoms with van der Waals surface area (Å²) in [6.07, 6.45) is 6.10. The molecule has 4 nitrogen and oxygen atoms in total. The molecule has 1 rings (SSSR count). The first-order chi connectivity index (χ1) is 8.58. The van der Waals surface area contributed by atoms with Crippen LogP contribution in [-0.4, -0.2) is 15.5 Å². The van der Waals surface area contributed by atoms with Crippen LogP contribution in [-0.2, 0) is 29.1 Å². The molecule has 4 heteroatoms. The van der Waals surface area contributed by atoms with Crippen LogP contribution in [0.1, 0.15) is 18.4 Å². The molecule has 0 saturated carbocycles. The molecule has 0 fully saturated rings. The Morgan fingerprint density at radius 1 is 1.50 bits per heavy atom. The van der Waals surface area contributed by atoms with Crippen LogP contribution in [0.2, 0.25) is 0 Å². The summed E-state index contributed by atoms with van der Waals surface area (Å²) < 4.78 is 7.01. The van der Waals surface area contributed by atoms with Gasteiger partial charge in [-0.05, 0) is 6.92 Å². The standard InChI is InChI=1S/C14H18N2O2/c1-5-7-13-15-12(9-16(13)8-6-2)10-18-14(17)11(3)4/h5-6,9H,1-3,7-8,10H2,4H3. The van der Waals surface area contributed by atoms with Crippen LogP contribution in [0, 0.1) is 0 Å². The molecule has 0 aliphatic heterocycles. The second-order valence-electron chi connectivity index (χ2n) is 3.94. The van der Waals surface area contributed by atoms with Crippen LogP contribution in [0.25, 0.3) is 0 Å². The summed E-state index contributed by atoms with van der Waals surface area (Å²) in [6, 6.07) is 0. The zero-order valence-electron chi connectivity index (χ0n) is 10.7. The number of allylic oxidation sites excluding steroid dienone is 2. The predicted molar refractivity (Wildman–Crippen MR) is 70.9 cm³/mol. The lowest BCUT2D eigenvalue weighted by Crippen LogP contribution is -2.05. The average Bonchev–Trinajstić information content (AvgIpc) is 2.70. The molecule has 1 aromatic rings. The Balaban J connectivity index is 2.74. The first-order valence-corrected chi connectivity index (χ1v) is 5.67. The molecule has 0 radical (unpaired) electrons. The van der Waals surface area contributed by atoms with E-state index in [1.165, 1.54) is 0 Å². The smallest absolute Gasteiger partial charge is 0.333 e. The van der Waals surface area contributed by atoms with E-state index in [0.717, 1.165) is 5.82 Å². The van der Waals surface area contributed by atoms with Crippen molar-refractivity contribution in [3.63, 3.8) is 0 Å². The van der Waals surface area contributed by atoms with Crippen molar-refractivity contribution in [2.75, 3.05) is 0 Å². The van der Waals surface area contributed by atoms with Crippen molar-refractivity contribution in [1.82, 2.24) is 9.55 Å². The molecule has 0 spiro atoms. The van der Waals surface area contributed by atoms with Gasteiger partial charge in [-0.15, -0.1) is 13.2 Å². The van der Waals surface area contributed by atoms with Crippen LogP contribution in [0.4, 0.5) is 0 Å². The van der Waals surface area contributed by atoms with Crippen molar-refractivity contribution in [3.05, 3.63) is 55.2 Å². The molecule has 0 aliphatic carbocycles. The summed E-state index contributed by atoms with van der Waals surface area (Å²) in [5, 5.41) is 0. The maximum absolute atomic E-state index is 11.3. The second kappa shape index (κ2) is 6.59. The van der Waals surface area contributed by atoms with Crippen LogP contribution in [0.15, 0.2) is 43.7 Å². The minimum Gasteiger partial charge on any atom is -0.456 e. The second-order valence-corrected chi connectivity index (χ2v) is 3.94. The Morgan fingerprint density at radius 3 is 2.78 bits per heavy atom. The molecule has 1 aromatic heterocycles. The molecule has 0 amide bonds. The quantitative estimate of drug-likeness (QED) is 0.421. The van der Waals surface area contributed by atoms with E-state index >= 15 is 0 Å². The number of hydrogen-bond donors (Lipinski definition) is 0. The fraction of sp³-hybridized carbons (Fsp3) is 0.286. The normalized spacial score (nSPS) is 9.83. The Labute approximate surface area is 107 Å². The topological polar surface area (TPSA) is 44.1 Å². The SMILES string of the molecule is C=CCc1nc(COC(=O)C(=C)C)cn1CC=C. The zero-order valence-corrected chi connectivity index (χ0v) is 10.7. The first kappa shape index (κ1) is 14.0. The van der Waals surface area contributed by atoms with Crippen molar-refractivity contribution in [2.45, 2.75) is 26.5 Å². The average molecular weight is 246 g/mol. The fourth-order valence-electron chi connectivity index (χ4n) is 1.43. The van der Waals surface area contributed by atoms with Gasteiger partial charge in [0.1, 0.15) is 12.4 Å². The van der Waals surface area contributed by atoms with Gasteiger partial charge in [0.25, 0.3) is 0 Å². The molecule has 0 unspecified atom stereocenters. The van der Waals surface area contributed by atoms with Gasteiger partial charge >= 0.3 is 5.97 Å². The van der Waals surface area contributed by atoms with Crippen LogP contribution >= 0.6 is 0 Å². The van der Waals surface area contributed by atoms with Crippen molar-refractivity contribution >= 4 is 5.97 Å². The predicted octanol–water partition coefficient (Wildman–Crippen LogP) is 2.42. The number of carbonyl (C=O) groups is 1. The van der Waals surface area contributed by atoms with Gasteiger partial charge in [-0.1, -0.05) is 18.7 Å². The summed E-state index contributed by atoms with van der Waals surface area (Å²) in [5.74, 6) is 0.477. The highest BCUT2D eigenvalue weighted by Gasteiger charge is 2.09. The van der Waals surface area contributed by atoms with E-state index in [1.54, 1.807) is 19.1 Å². The monoisotopic (exact) mass is 246 g/mol. The lowest BCUT2D eigenvalue weighted by Gasteiger charge is -2.01. The summed E-state index contributed by atoms with van der Waals surface area (Å²) in [5.41, 5.74) is 1.09. The summed E-state index contributed by atoms with van der Waals surface area (Å²) in [7, 11) is 0. The van der Waals surface area contributed by atoms with Gasteiger partial charge in [-0.2, -0.15) is 0 Å². The van der Waals surface area contributed by atoms with Crippen LogP contribution in [0.5, 0.6) is 0 Å². The zero-order chi connectivity index (χ0) is 13.5. The lowest BCUT2D eigenvalue weighted by molar-refractivity contribution is -0.140. The molecular formula is C14H18N2O2. The minimum absolute atomic E-state index is 0.153. The van der Waals surface area contributed by atoms with Gasteiger partial charge in [0.2, 0.25) is 0 Å². The molecule has 0 saturated heterocycles. The Morgan fingerprint density at radius 2 is 2.22 bits per heavy atom. The third-order valence-corrected chi connectivity index (χ3v) is 2.26. The Hall–Kier alpha value is -2.10. The van der Waals surface area contributed by atoms with Gasteiger partial charge in [0, 0.05) is 24.7 Å². The summed E-state index contributed by atoms with van der Waals surface area (Å²) in [4.78, 5) is 15.7. The van der Waals surface area contributed by atoms with Crippen molar-refractivity contribution in [1.29, 1.82) is 0 Å². The number of ether oxygens (including phenoxy) is 1. The third kappa shape index (κ3) is 3.73. The van der Waals surface area contributed by atoms with E-state index in [2.05, 4.69) is 24.7 Å². The van der Waals surface area contributed by atoms with Gasteiger partial charge < -0.3 is 9.30 Å². The number of imidazole rings is 1. The number of esters is 1. The number of nitrogens with zero attached hydrogens (tertiary/aromatic N) is 2. The highest BCUT2D eigenvalue weighted by atomic mass is 16.5. The molecule has 0 atom stereocenters. The van der Waals surface area contributed by atoms with E-state index in [4.69, 9.17) is 4.74 Å². The van der Waals surface area contributed by atoms with Crippen molar-refractivity contribution in [2.24, 2.45) is 0 Å². The molecule has 0 N–H and O–H groups in total. The van der Waals surface area contributed by atoms with E-state index in [9.17, 15) is 4.79 Å². The largest absolute Gasteiger partial charge is 0.456 e. The first-order valence-electron chi connectivity index (χ1n) is 5.67. The summed E-state index contributed by atoms with van der Waals surface area (Å²) >= 11 is 0. The lowest BCUT2D eigenvalue weighted by atomic mass is 10.4. The highest BCUT2D eigenvalue weighted by Crippen LogP contribution is 2.07. The van der Waals surface area contributed by atoms with E-state index in [0.29, 0.717) is 24.2 Å². The van der Waals surface area contributed by atoms with Crippen LogP contribution < -0.4 is 0 Å². The summed E-state index contributed by atoms with van der Waals surface area (Å²) in [6.45, 7) is 13.3. The van der Waals surface area contributed by atoms with Crippen molar-refractivity contribution < 1.29 is 9.53 Å². The fourth-order valence-corrected chi connectivity index (χ4v) is 1.43. The molecule has 18 heavy (non-hydrogen) atoms. The van der Waals surface area contributed by atoms with Gasteiger partial charge in [-0.3, -0.25) is 0 Å². The number of carbonyl (C=O) groups excluding carboxylic acids is 1. The van der Waals surface area contributed by atoms with E-state index in [1.807, 2.05) is 10.8 Å². The number of hydrogen-bond acceptors (Lipinski definition) is 3. The molecule has 1 heterocycles.